The smallest absolute Gasteiger partial charge is 0.307 e. The summed E-state index contributed by atoms with van der Waals surface area (Å²) in [7, 11) is 0. The monoisotopic (exact) mass is 243 g/mol. The van der Waals surface area contributed by atoms with Crippen molar-refractivity contribution in [2.45, 2.75) is 39.2 Å². The normalized spacial score (nSPS) is 29.9. The Labute approximate surface area is 101 Å². The zero-order valence-corrected chi connectivity index (χ0v) is 10.3. The van der Waals surface area contributed by atoms with Crippen LogP contribution in [0.5, 0.6) is 0 Å². The van der Waals surface area contributed by atoms with Gasteiger partial charge in [-0.15, -0.1) is 0 Å². The lowest BCUT2D eigenvalue weighted by Gasteiger charge is -2.18. The third kappa shape index (κ3) is 3.43. The van der Waals surface area contributed by atoms with Crippen molar-refractivity contribution in [2.24, 2.45) is 17.8 Å². The van der Waals surface area contributed by atoms with Gasteiger partial charge in [0.2, 0.25) is 5.91 Å². The molecule has 0 aromatic rings. The summed E-state index contributed by atoms with van der Waals surface area (Å²) < 4.78 is 0. The van der Waals surface area contributed by atoms with Gasteiger partial charge in [0.05, 0.1) is 18.4 Å². The first-order chi connectivity index (χ1) is 7.99. The summed E-state index contributed by atoms with van der Waals surface area (Å²) in [5.74, 6) is -1.85. The van der Waals surface area contributed by atoms with E-state index in [9.17, 15) is 9.59 Å². The quantitative estimate of drug-likeness (QED) is 0.660. The summed E-state index contributed by atoms with van der Waals surface area (Å²) in [6.07, 6.45) is 2.12. The van der Waals surface area contributed by atoms with Crippen molar-refractivity contribution in [3.05, 3.63) is 0 Å². The third-order valence-corrected chi connectivity index (χ3v) is 3.55. The van der Waals surface area contributed by atoms with Gasteiger partial charge in [0.25, 0.3) is 0 Å². The maximum Gasteiger partial charge on any atom is 0.307 e. The summed E-state index contributed by atoms with van der Waals surface area (Å²) in [5, 5.41) is 20.6. The van der Waals surface area contributed by atoms with E-state index in [4.69, 9.17) is 10.2 Å². The minimum absolute atomic E-state index is 0.132. The highest BCUT2D eigenvalue weighted by atomic mass is 16.4. The second-order valence-electron chi connectivity index (χ2n) is 4.89. The zero-order valence-electron chi connectivity index (χ0n) is 10.3. The Balaban J connectivity index is 2.66. The molecule has 0 bridgehead atoms. The number of carboxylic acids is 1. The molecule has 0 saturated heterocycles. The summed E-state index contributed by atoms with van der Waals surface area (Å²) >= 11 is 0. The van der Waals surface area contributed by atoms with E-state index in [1.807, 2.05) is 6.92 Å². The average Bonchev–Trinajstić information content (AvgIpc) is 2.72. The van der Waals surface area contributed by atoms with Gasteiger partial charge in [-0.25, -0.2) is 0 Å². The van der Waals surface area contributed by atoms with Gasteiger partial charge < -0.3 is 15.5 Å². The molecule has 0 aromatic carbocycles. The Hall–Kier alpha value is -1.10. The minimum Gasteiger partial charge on any atom is -0.481 e. The van der Waals surface area contributed by atoms with Crippen molar-refractivity contribution in [1.82, 2.24) is 5.32 Å². The van der Waals surface area contributed by atoms with E-state index < -0.39 is 17.8 Å². The Morgan fingerprint density at radius 3 is 2.41 bits per heavy atom. The van der Waals surface area contributed by atoms with E-state index in [1.165, 1.54) is 0 Å². The highest BCUT2D eigenvalue weighted by molar-refractivity contribution is 5.85. The SMILES string of the molecule is CCC1C[C@H](C(=O)N[C@@H](C)CO)[C@H](C(=O)O)C1. The minimum atomic E-state index is -0.891. The number of aliphatic carboxylic acids is 1. The van der Waals surface area contributed by atoms with Crippen LogP contribution in [0.1, 0.15) is 33.1 Å². The van der Waals surface area contributed by atoms with Crippen molar-refractivity contribution in [3.63, 3.8) is 0 Å². The van der Waals surface area contributed by atoms with Crippen LogP contribution >= 0.6 is 0 Å². The second-order valence-corrected chi connectivity index (χ2v) is 4.89. The van der Waals surface area contributed by atoms with E-state index in [0.717, 1.165) is 6.42 Å². The number of carboxylic acid groups (broad SMARTS) is 1. The molecule has 17 heavy (non-hydrogen) atoms. The van der Waals surface area contributed by atoms with Crippen molar-refractivity contribution < 1.29 is 19.8 Å². The number of rotatable bonds is 5. The molecule has 1 amide bonds. The van der Waals surface area contributed by atoms with Gasteiger partial charge in [-0.2, -0.15) is 0 Å². The fourth-order valence-corrected chi connectivity index (χ4v) is 2.43. The number of nitrogens with one attached hydrogen (secondary N) is 1. The Morgan fingerprint density at radius 2 is 1.94 bits per heavy atom. The van der Waals surface area contributed by atoms with Crippen LogP contribution in [0.4, 0.5) is 0 Å². The first kappa shape index (κ1) is 14.0. The standard InChI is InChI=1S/C12H21NO4/c1-3-8-4-9(10(5-8)12(16)17)11(15)13-7(2)6-14/h7-10,14H,3-6H2,1-2H3,(H,13,15)(H,16,17)/t7-,8?,9-,10+/m0/s1. The van der Waals surface area contributed by atoms with Crippen molar-refractivity contribution in [3.8, 4) is 0 Å². The number of carbonyl (C=O) groups excluding carboxylic acids is 1. The molecular formula is C12H21NO4. The van der Waals surface area contributed by atoms with Gasteiger partial charge in [0.1, 0.15) is 0 Å². The van der Waals surface area contributed by atoms with Gasteiger partial charge in [-0.3, -0.25) is 9.59 Å². The summed E-state index contributed by atoms with van der Waals surface area (Å²) in [6, 6.07) is -0.322. The van der Waals surface area contributed by atoms with Crippen LogP contribution in [-0.2, 0) is 9.59 Å². The molecule has 5 heteroatoms. The Kier molecular flexibility index (Phi) is 4.93. The van der Waals surface area contributed by atoms with E-state index in [-0.39, 0.29) is 18.6 Å². The lowest BCUT2D eigenvalue weighted by Crippen LogP contribution is -2.41. The molecule has 0 heterocycles. The van der Waals surface area contributed by atoms with Gasteiger partial charge in [0.15, 0.2) is 0 Å². The van der Waals surface area contributed by atoms with E-state index in [2.05, 4.69) is 5.32 Å². The highest BCUT2D eigenvalue weighted by Crippen LogP contribution is 2.38. The Morgan fingerprint density at radius 1 is 1.35 bits per heavy atom. The maximum atomic E-state index is 11.9. The van der Waals surface area contributed by atoms with Crippen molar-refractivity contribution in [1.29, 1.82) is 0 Å². The number of amides is 1. The first-order valence-corrected chi connectivity index (χ1v) is 6.13. The number of hydrogen-bond acceptors (Lipinski definition) is 3. The van der Waals surface area contributed by atoms with E-state index >= 15 is 0 Å². The maximum absolute atomic E-state index is 11.9. The molecule has 4 atom stereocenters. The van der Waals surface area contributed by atoms with Crippen molar-refractivity contribution >= 4 is 11.9 Å². The molecule has 1 fully saturated rings. The molecule has 0 aliphatic heterocycles. The highest BCUT2D eigenvalue weighted by Gasteiger charge is 2.42. The molecule has 98 valence electrons. The van der Waals surface area contributed by atoms with Crippen LogP contribution in [0.3, 0.4) is 0 Å². The lowest BCUT2D eigenvalue weighted by atomic mass is 9.95. The van der Waals surface area contributed by atoms with Crippen LogP contribution in [0.2, 0.25) is 0 Å². The first-order valence-electron chi connectivity index (χ1n) is 6.13. The molecule has 0 radical (unpaired) electrons. The summed E-state index contributed by atoms with van der Waals surface area (Å²) in [5.41, 5.74) is 0. The van der Waals surface area contributed by atoms with E-state index in [1.54, 1.807) is 6.92 Å². The molecule has 5 nitrogen and oxygen atoms in total. The molecule has 0 spiro atoms. The largest absolute Gasteiger partial charge is 0.481 e. The second kappa shape index (κ2) is 6.00. The van der Waals surface area contributed by atoms with Crippen LogP contribution in [0, 0.1) is 17.8 Å². The van der Waals surface area contributed by atoms with Gasteiger partial charge >= 0.3 is 5.97 Å². The molecule has 1 saturated carbocycles. The summed E-state index contributed by atoms with van der Waals surface area (Å²) in [4.78, 5) is 23.0. The summed E-state index contributed by atoms with van der Waals surface area (Å²) in [6.45, 7) is 3.58. The predicted octanol–water partition coefficient (Wildman–Crippen LogP) is 0.620. The van der Waals surface area contributed by atoms with Crippen LogP contribution in [0.15, 0.2) is 0 Å². The molecule has 1 aliphatic carbocycles. The van der Waals surface area contributed by atoms with Crippen molar-refractivity contribution in [2.75, 3.05) is 6.61 Å². The van der Waals surface area contributed by atoms with Gasteiger partial charge in [0, 0.05) is 6.04 Å². The number of carbonyl (C=O) groups is 2. The topological polar surface area (TPSA) is 86.6 Å². The molecule has 1 rings (SSSR count). The zero-order chi connectivity index (χ0) is 13.0. The number of hydrogen-bond donors (Lipinski definition) is 3. The third-order valence-electron chi connectivity index (χ3n) is 3.55. The predicted molar refractivity (Wildman–Crippen MR) is 62.3 cm³/mol. The van der Waals surface area contributed by atoms with Crippen LogP contribution in [0.25, 0.3) is 0 Å². The average molecular weight is 243 g/mol. The van der Waals surface area contributed by atoms with Gasteiger partial charge in [-0.05, 0) is 25.7 Å². The fraction of sp³-hybridized carbons (Fsp3) is 0.833. The molecule has 1 unspecified atom stereocenters. The molecular weight excluding hydrogens is 222 g/mol. The van der Waals surface area contributed by atoms with Crippen LogP contribution < -0.4 is 5.32 Å². The molecule has 0 aromatic heterocycles. The Bertz CT molecular complexity index is 292. The van der Waals surface area contributed by atoms with E-state index in [0.29, 0.717) is 18.8 Å². The molecule has 1 aliphatic rings. The number of aliphatic hydroxyl groups excluding tert-OH is 1. The number of aliphatic hydroxyl groups is 1. The van der Waals surface area contributed by atoms with Gasteiger partial charge in [-0.1, -0.05) is 13.3 Å². The van der Waals surface area contributed by atoms with Crippen LogP contribution in [-0.4, -0.2) is 34.7 Å². The fourth-order valence-electron chi connectivity index (χ4n) is 2.43. The molecule has 3 N–H and O–H groups in total. The lowest BCUT2D eigenvalue weighted by molar-refractivity contribution is -0.146.